The van der Waals surface area contributed by atoms with E-state index in [1.165, 1.54) is 31.7 Å². The number of ether oxygens (including phenoxy) is 2. The summed E-state index contributed by atoms with van der Waals surface area (Å²) in [5.41, 5.74) is 1.30. The maximum absolute atomic E-state index is 5.41. The molecule has 2 aliphatic heterocycles. The van der Waals surface area contributed by atoms with Crippen LogP contribution < -0.4 is 14.8 Å². The van der Waals surface area contributed by atoms with Crippen molar-refractivity contribution < 1.29 is 9.47 Å². The van der Waals surface area contributed by atoms with Gasteiger partial charge in [-0.05, 0) is 49.5 Å². The Morgan fingerprint density at radius 1 is 1.10 bits per heavy atom. The monoisotopic (exact) mass is 276 g/mol. The fourth-order valence-corrected chi connectivity index (χ4v) is 3.53. The van der Waals surface area contributed by atoms with Gasteiger partial charge in [-0.15, -0.1) is 0 Å². The van der Waals surface area contributed by atoms with Crippen molar-refractivity contribution >= 4 is 0 Å². The van der Waals surface area contributed by atoms with Crippen LogP contribution in [-0.4, -0.2) is 45.3 Å². The van der Waals surface area contributed by atoms with Gasteiger partial charge in [-0.25, -0.2) is 0 Å². The van der Waals surface area contributed by atoms with E-state index in [2.05, 4.69) is 29.3 Å². The topological polar surface area (TPSA) is 33.7 Å². The number of benzene rings is 1. The molecule has 0 radical (unpaired) electrons. The predicted molar refractivity (Wildman–Crippen MR) is 79.4 cm³/mol. The van der Waals surface area contributed by atoms with Crippen LogP contribution in [0.2, 0.25) is 0 Å². The van der Waals surface area contributed by atoms with Gasteiger partial charge in [-0.1, -0.05) is 6.07 Å². The summed E-state index contributed by atoms with van der Waals surface area (Å²) in [6, 6.07) is 6.69. The number of likely N-dealkylation sites (tertiary alicyclic amines) is 1. The highest BCUT2D eigenvalue weighted by atomic mass is 16.5. The van der Waals surface area contributed by atoms with Crippen LogP contribution in [0.25, 0.3) is 0 Å². The highest BCUT2D eigenvalue weighted by Crippen LogP contribution is 2.36. The molecule has 2 heterocycles. The predicted octanol–water partition coefficient (Wildman–Crippen LogP) is 1.92. The molecule has 1 N–H and O–H groups in total. The van der Waals surface area contributed by atoms with E-state index < -0.39 is 0 Å². The lowest BCUT2D eigenvalue weighted by Gasteiger charge is -2.26. The van der Waals surface area contributed by atoms with Crippen LogP contribution >= 0.6 is 0 Å². The summed E-state index contributed by atoms with van der Waals surface area (Å²) in [4.78, 5) is 2.59. The molecule has 110 valence electrons. The normalized spacial score (nSPS) is 27.4. The maximum atomic E-state index is 5.41. The summed E-state index contributed by atoms with van der Waals surface area (Å²) in [5, 5.41) is 3.49. The Morgan fingerprint density at radius 2 is 1.75 bits per heavy atom. The maximum Gasteiger partial charge on any atom is 0.161 e. The molecule has 4 heteroatoms. The van der Waals surface area contributed by atoms with Gasteiger partial charge in [0, 0.05) is 19.1 Å². The molecule has 20 heavy (non-hydrogen) atoms. The first-order valence-electron chi connectivity index (χ1n) is 7.39. The Hall–Kier alpha value is -1.26. The van der Waals surface area contributed by atoms with Crippen LogP contribution in [0.4, 0.5) is 0 Å². The van der Waals surface area contributed by atoms with Crippen molar-refractivity contribution in [3.63, 3.8) is 0 Å². The first kappa shape index (κ1) is 13.7. The van der Waals surface area contributed by atoms with Crippen molar-refractivity contribution in [1.29, 1.82) is 0 Å². The lowest BCUT2D eigenvalue weighted by atomic mass is 10.0. The lowest BCUT2D eigenvalue weighted by Crippen LogP contribution is -2.28. The van der Waals surface area contributed by atoms with Gasteiger partial charge in [0.25, 0.3) is 0 Å². The lowest BCUT2D eigenvalue weighted by molar-refractivity contribution is 0.243. The third-order valence-corrected chi connectivity index (χ3v) is 4.86. The molecule has 4 nitrogen and oxygen atoms in total. The Kier molecular flexibility index (Phi) is 3.85. The number of fused-ring (bicyclic) bond motifs is 1. The van der Waals surface area contributed by atoms with Gasteiger partial charge in [0.05, 0.1) is 14.2 Å². The minimum Gasteiger partial charge on any atom is -0.493 e. The zero-order chi connectivity index (χ0) is 14.1. The van der Waals surface area contributed by atoms with Gasteiger partial charge < -0.3 is 14.8 Å². The molecule has 0 amide bonds. The van der Waals surface area contributed by atoms with E-state index in [-0.39, 0.29) is 0 Å². The van der Waals surface area contributed by atoms with Crippen LogP contribution in [0.5, 0.6) is 11.5 Å². The summed E-state index contributed by atoms with van der Waals surface area (Å²) < 4.78 is 10.7. The van der Waals surface area contributed by atoms with Gasteiger partial charge in [0.15, 0.2) is 11.5 Å². The van der Waals surface area contributed by atoms with Crippen LogP contribution in [-0.2, 0) is 0 Å². The van der Waals surface area contributed by atoms with E-state index in [9.17, 15) is 0 Å². The average Bonchev–Trinajstić information content (AvgIpc) is 3.06. The molecule has 0 aliphatic carbocycles. The van der Waals surface area contributed by atoms with Crippen molar-refractivity contribution in [2.24, 2.45) is 11.8 Å². The van der Waals surface area contributed by atoms with E-state index in [1.54, 1.807) is 14.2 Å². The smallest absolute Gasteiger partial charge is 0.161 e. The molecule has 3 rings (SSSR count). The van der Waals surface area contributed by atoms with Crippen LogP contribution in [0.1, 0.15) is 18.5 Å². The third-order valence-electron chi connectivity index (χ3n) is 4.86. The molecule has 3 atom stereocenters. The molecule has 2 fully saturated rings. The molecule has 2 aliphatic rings. The Labute approximate surface area is 121 Å². The van der Waals surface area contributed by atoms with Crippen LogP contribution in [0, 0.1) is 11.8 Å². The summed E-state index contributed by atoms with van der Waals surface area (Å²) in [6.45, 7) is 7.05. The number of nitrogens with one attached hydrogen (secondary N) is 1. The number of nitrogens with zero attached hydrogens (tertiary/aromatic N) is 1. The van der Waals surface area contributed by atoms with E-state index in [0.717, 1.165) is 23.3 Å². The highest BCUT2D eigenvalue weighted by Gasteiger charge is 2.37. The molecule has 2 saturated heterocycles. The second-order valence-electron chi connectivity index (χ2n) is 5.92. The van der Waals surface area contributed by atoms with Gasteiger partial charge in [-0.2, -0.15) is 0 Å². The molecular weight excluding hydrogens is 252 g/mol. The third kappa shape index (κ3) is 2.38. The molecule has 0 spiro atoms. The SMILES string of the molecule is COc1ccc(C(C)N2CC3CNCC3C2)cc1OC. The largest absolute Gasteiger partial charge is 0.493 e. The first-order valence-corrected chi connectivity index (χ1v) is 7.39. The molecular formula is C16H24N2O2. The molecule has 3 unspecified atom stereocenters. The number of methoxy groups -OCH3 is 2. The van der Waals surface area contributed by atoms with Crippen molar-refractivity contribution in [2.75, 3.05) is 40.4 Å². The average molecular weight is 276 g/mol. The fraction of sp³-hybridized carbons (Fsp3) is 0.625. The van der Waals surface area contributed by atoms with E-state index in [1.807, 2.05) is 6.07 Å². The summed E-state index contributed by atoms with van der Waals surface area (Å²) >= 11 is 0. The van der Waals surface area contributed by atoms with Gasteiger partial charge >= 0.3 is 0 Å². The van der Waals surface area contributed by atoms with E-state index in [4.69, 9.17) is 9.47 Å². The summed E-state index contributed by atoms with van der Waals surface area (Å²) in [6.07, 6.45) is 0. The number of hydrogen-bond acceptors (Lipinski definition) is 4. The fourth-order valence-electron chi connectivity index (χ4n) is 3.53. The van der Waals surface area contributed by atoms with Crippen molar-refractivity contribution in [3.05, 3.63) is 23.8 Å². The second kappa shape index (κ2) is 5.62. The summed E-state index contributed by atoms with van der Waals surface area (Å²) in [7, 11) is 3.37. The minimum absolute atomic E-state index is 0.431. The zero-order valence-corrected chi connectivity index (χ0v) is 12.6. The molecule has 0 aromatic heterocycles. The Bertz CT molecular complexity index is 466. The second-order valence-corrected chi connectivity index (χ2v) is 5.92. The van der Waals surface area contributed by atoms with Gasteiger partial charge in [0.2, 0.25) is 0 Å². The molecule has 1 aromatic rings. The standard InChI is InChI=1S/C16H24N2O2/c1-11(18-9-13-7-17-8-14(13)10-18)12-4-5-15(19-2)16(6-12)20-3/h4-6,11,13-14,17H,7-10H2,1-3H3. The van der Waals surface area contributed by atoms with Crippen molar-refractivity contribution in [3.8, 4) is 11.5 Å². The van der Waals surface area contributed by atoms with Crippen LogP contribution in [0.3, 0.4) is 0 Å². The molecule has 0 saturated carbocycles. The first-order chi connectivity index (χ1) is 9.72. The van der Waals surface area contributed by atoms with E-state index in [0.29, 0.717) is 6.04 Å². The zero-order valence-electron chi connectivity index (χ0n) is 12.6. The molecule has 1 aromatic carbocycles. The Morgan fingerprint density at radius 3 is 2.35 bits per heavy atom. The van der Waals surface area contributed by atoms with E-state index >= 15 is 0 Å². The molecule has 0 bridgehead atoms. The van der Waals surface area contributed by atoms with Crippen LogP contribution in [0.15, 0.2) is 18.2 Å². The highest BCUT2D eigenvalue weighted by molar-refractivity contribution is 5.43. The minimum atomic E-state index is 0.431. The quantitative estimate of drug-likeness (QED) is 0.911. The van der Waals surface area contributed by atoms with Gasteiger partial charge in [0.1, 0.15) is 0 Å². The number of hydrogen-bond donors (Lipinski definition) is 1. The van der Waals surface area contributed by atoms with Gasteiger partial charge in [-0.3, -0.25) is 4.90 Å². The Balaban J connectivity index is 1.75. The summed E-state index contributed by atoms with van der Waals surface area (Å²) in [5.74, 6) is 3.28. The van der Waals surface area contributed by atoms with Crippen molar-refractivity contribution in [2.45, 2.75) is 13.0 Å². The van der Waals surface area contributed by atoms with Crippen molar-refractivity contribution in [1.82, 2.24) is 10.2 Å². The number of rotatable bonds is 4.